The number of hydrogen-bond acceptors (Lipinski definition) is 5. The van der Waals surface area contributed by atoms with E-state index in [1.807, 2.05) is 0 Å². The molecule has 9 heteroatoms. The van der Waals surface area contributed by atoms with Gasteiger partial charge in [-0.2, -0.15) is 0 Å². The Kier molecular flexibility index (Phi) is 6.54. The zero-order chi connectivity index (χ0) is 19.4. The fourth-order valence-corrected chi connectivity index (χ4v) is 3.85. The minimum atomic E-state index is -0.289. The fourth-order valence-electron chi connectivity index (χ4n) is 2.17. The van der Waals surface area contributed by atoms with E-state index in [-0.39, 0.29) is 18.4 Å². The minimum Gasteiger partial charge on any atom is -0.483 e. The van der Waals surface area contributed by atoms with E-state index in [0.29, 0.717) is 30.2 Å². The lowest BCUT2D eigenvalue weighted by Gasteiger charge is -2.09. The van der Waals surface area contributed by atoms with Gasteiger partial charge < -0.3 is 15.4 Å². The van der Waals surface area contributed by atoms with Gasteiger partial charge in [-0.05, 0) is 64.0 Å². The van der Waals surface area contributed by atoms with Gasteiger partial charge >= 0.3 is 0 Å². The van der Waals surface area contributed by atoms with Gasteiger partial charge in [0.25, 0.3) is 11.8 Å². The largest absolute Gasteiger partial charge is 0.483 e. The van der Waals surface area contributed by atoms with Crippen LogP contribution in [-0.4, -0.2) is 22.7 Å². The highest BCUT2D eigenvalue weighted by Gasteiger charge is 2.22. The Morgan fingerprint density at radius 1 is 1.30 bits per heavy atom. The molecule has 27 heavy (non-hydrogen) atoms. The summed E-state index contributed by atoms with van der Waals surface area (Å²) < 4.78 is 6.66. The number of amides is 2. The van der Waals surface area contributed by atoms with Crippen LogP contribution in [0.3, 0.4) is 0 Å². The summed E-state index contributed by atoms with van der Waals surface area (Å²) in [5, 5.41) is 5.88. The van der Waals surface area contributed by atoms with E-state index < -0.39 is 0 Å². The third-order valence-corrected chi connectivity index (χ3v) is 5.42. The highest BCUT2D eigenvalue weighted by Crippen LogP contribution is 2.30. The zero-order valence-corrected chi connectivity index (χ0v) is 17.6. The summed E-state index contributed by atoms with van der Waals surface area (Å²) in [6.45, 7) is -0.145. The number of anilines is 1. The molecule has 2 N–H and O–H groups in total. The first-order valence-corrected chi connectivity index (χ1v) is 10.0. The lowest BCUT2D eigenvalue weighted by Crippen LogP contribution is -2.20. The van der Waals surface area contributed by atoms with Gasteiger partial charge in [-0.25, -0.2) is 0 Å². The Labute approximate surface area is 178 Å². The van der Waals surface area contributed by atoms with Crippen molar-refractivity contribution in [2.75, 3.05) is 11.9 Å². The van der Waals surface area contributed by atoms with Crippen molar-refractivity contribution in [2.45, 2.75) is 0 Å². The van der Waals surface area contributed by atoms with E-state index in [0.717, 1.165) is 5.56 Å². The molecule has 138 valence electrons. The first-order chi connectivity index (χ1) is 12.9. The highest BCUT2D eigenvalue weighted by atomic mass is 79.9. The number of hydrogen-bond donors (Lipinski definition) is 2. The lowest BCUT2D eigenvalue weighted by atomic mass is 10.2. The predicted molar refractivity (Wildman–Crippen MR) is 116 cm³/mol. The fraction of sp³-hybridized carbons (Fsp3) is 0.0556. The number of benzene rings is 2. The molecule has 5 nitrogen and oxygen atoms in total. The van der Waals surface area contributed by atoms with E-state index in [4.69, 9.17) is 28.6 Å². The summed E-state index contributed by atoms with van der Waals surface area (Å²) in [4.78, 5) is 24.2. The first kappa shape index (κ1) is 19.9. The van der Waals surface area contributed by atoms with Crippen LogP contribution < -0.4 is 15.4 Å². The molecule has 0 unspecified atom stereocenters. The third kappa shape index (κ3) is 5.55. The molecule has 0 saturated carbocycles. The van der Waals surface area contributed by atoms with Crippen molar-refractivity contribution in [2.24, 2.45) is 0 Å². The van der Waals surface area contributed by atoms with Crippen molar-refractivity contribution in [3.63, 3.8) is 0 Å². The number of carbonyl (C=O) groups is 2. The quantitative estimate of drug-likeness (QED) is 0.480. The molecule has 1 aliphatic rings. The van der Waals surface area contributed by atoms with Gasteiger partial charge in [0.05, 0.1) is 9.38 Å². The topological polar surface area (TPSA) is 67.4 Å². The molecular weight excluding hydrogens is 472 g/mol. The van der Waals surface area contributed by atoms with Crippen molar-refractivity contribution in [3.05, 3.63) is 62.4 Å². The van der Waals surface area contributed by atoms with Crippen LogP contribution in [0.2, 0.25) is 5.02 Å². The van der Waals surface area contributed by atoms with Gasteiger partial charge in [0.15, 0.2) is 6.61 Å². The lowest BCUT2D eigenvalue weighted by molar-refractivity contribution is -0.118. The Balaban J connectivity index is 1.60. The van der Waals surface area contributed by atoms with Gasteiger partial charge in [-0.3, -0.25) is 9.59 Å². The van der Waals surface area contributed by atoms with Crippen LogP contribution in [0.15, 0.2) is 51.8 Å². The van der Waals surface area contributed by atoms with Crippen molar-refractivity contribution < 1.29 is 14.3 Å². The summed E-state index contributed by atoms with van der Waals surface area (Å²) in [6, 6.07) is 12.1. The average molecular weight is 484 g/mol. The molecule has 0 aromatic heterocycles. The van der Waals surface area contributed by atoms with E-state index in [1.54, 1.807) is 48.5 Å². The van der Waals surface area contributed by atoms with E-state index >= 15 is 0 Å². The number of ether oxygens (including phenoxy) is 1. The second-order valence-corrected chi connectivity index (χ2v) is 8.40. The van der Waals surface area contributed by atoms with E-state index in [1.165, 1.54) is 11.8 Å². The van der Waals surface area contributed by atoms with Crippen molar-refractivity contribution >= 4 is 79.4 Å². The summed E-state index contributed by atoms with van der Waals surface area (Å²) in [6.07, 6.45) is 1.74. The number of halogens is 2. The normalized spacial score (nSPS) is 15.0. The smallest absolute Gasteiger partial charge is 0.263 e. The first-order valence-electron chi connectivity index (χ1n) is 7.63. The average Bonchev–Trinajstić information content (AvgIpc) is 2.93. The number of carbonyl (C=O) groups excluding carboxylic acids is 2. The molecule has 2 amide bonds. The van der Waals surface area contributed by atoms with Crippen molar-refractivity contribution in [3.8, 4) is 5.75 Å². The molecular formula is C18H12BrClN2O3S2. The van der Waals surface area contributed by atoms with Crippen LogP contribution in [0.4, 0.5) is 5.69 Å². The monoisotopic (exact) mass is 482 g/mol. The maximum Gasteiger partial charge on any atom is 0.263 e. The van der Waals surface area contributed by atoms with Gasteiger partial charge in [0, 0.05) is 10.7 Å². The van der Waals surface area contributed by atoms with E-state index in [9.17, 15) is 9.59 Å². The number of nitrogens with one attached hydrogen (secondary N) is 2. The Hall–Kier alpha value is -1.87. The molecule has 0 atom stereocenters. The van der Waals surface area contributed by atoms with Crippen LogP contribution in [0.5, 0.6) is 5.75 Å². The Bertz CT molecular complexity index is 948. The molecule has 2 aromatic rings. The molecule has 1 heterocycles. The molecule has 3 rings (SSSR count). The van der Waals surface area contributed by atoms with Gasteiger partial charge in [-0.15, -0.1) is 0 Å². The molecule has 0 radical (unpaired) electrons. The second-order valence-electron chi connectivity index (χ2n) is 5.39. The Morgan fingerprint density at radius 2 is 2.04 bits per heavy atom. The highest BCUT2D eigenvalue weighted by molar-refractivity contribution is 9.10. The van der Waals surface area contributed by atoms with Crippen LogP contribution in [-0.2, 0) is 9.59 Å². The van der Waals surface area contributed by atoms with Crippen LogP contribution in [0, 0.1) is 0 Å². The summed E-state index contributed by atoms with van der Waals surface area (Å²) in [5.74, 6) is 0.0192. The second kappa shape index (κ2) is 8.88. The third-order valence-electron chi connectivity index (χ3n) is 3.38. The maximum absolute atomic E-state index is 12.0. The molecule has 0 bridgehead atoms. The van der Waals surface area contributed by atoms with Crippen LogP contribution >= 0.6 is 51.5 Å². The molecule has 1 fully saturated rings. The van der Waals surface area contributed by atoms with Crippen molar-refractivity contribution in [1.29, 1.82) is 0 Å². The molecule has 1 aliphatic heterocycles. The summed E-state index contributed by atoms with van der Waals surface area (Å²) >= 11 is 15.4. The van der Waals surface area contributed by atoms with Gasteiger partial charge in [0.1, 0.15) is 10.1 Å². The maximum atomic E-state index is 12.0. The summed E-state index contributed by atoms with van der Waals surface area (Å²) in [5.41, 5.74) is 1.45. The number of rotatable bonds is 5. The Morgan fingerprint density at radius 3 is 2.67 bits per heavy atom. The standard InChI is InChI=1S/C18H12BrClN2O3S2/c19-13-7-10(8-15-17(24)22-18(26)27-15)1-6-14(13)25-9-16(23)21-12-4-2-11(20)3-5-12/h1-8H,9H2,(H,21,23)(H,22,24,26)/b15-8-. The molecule has 0 aliphatic carbocycles. The van der Waals surface area contributed by atoms with Crippen molar-refractivity contribution in [1.82, 2.24) is 5.32 Å². The summed E-state index contributed by atoms with van der Waals surface area (Å²) in [7, 11) is 0. The number of thioether (sulfide) groups is 1. The molecule has 0 spiro atoms. The zero-order valence-electron chi connectivity index (χ0n) is 13.6. The predicted octanol–water partition coefficient (Wildman–Crippen LogP) is 4.61. The number of thiocarbonyl (C=S) groups is 1. The van der Waals surface area contributed by atoms with Crippen LogP contribution in [0.25, 0.3) is 6.08 Å². The van der Waals surface area contributed by atoms with Gasteiger partial charge in [0.2, 0.25) is 0 Å². The SMILES string of the molecule is O=C(COc1ccc(/C=C2\SC(=S)NC2=O)cc1Br)Nc1ccc(Cl)cc1. The molecule has 2 aromatic carbocycles. The van der Waals surface area contributed by atoms with Crippen LogP contribution in [0.1, 0.15) is 5.56 Å². The van der Waals surface area contributed by atoms with E-state index in [2.05, 4.69) is 26.6 Å². The minimum absolute atomic E-state index is 0.145. The molecule has 1 saturated heterocycles. The van der Waals surface area contributed by atoms with Gasteiger partial charge in [-0.1, -0.05) is 41.6 Å².